The number of halogens is 3. The predicted octanol–water partition coefficient (Wildman–Crippen LogP) is 3.92. The number of rotatable bonds is 6. The van der Waals surface area contributed by atoms with E-state index >= 15 is 0 Å². The molecule has 2 aliphatic rings. The highest BCUT2D eigenvalue weighted by Gasteiger charge is 2.42. The fourth-order valence-electron chi connectivity index (χ4n) is 4.70. The lowest BCUT2D eigenvalue weighted by Gasteiger charge is -2.27. The van der Waals surface area contributed by atoms with Crippen molar-refractivity contribution in [2.45, 2.75) is 43.4 Å². The normalized spacial score (nSPS) is 18.2. The molecule has 34 heavy (non-hydrogen) atoms. The van der Waals surface area contributed by atoms with E-state index < -0.39 is 42.7 Å². The van der Waals surface area contributed by atoms with Gasteiger partial charge in [0.25, 0.3) is 0 Å². The minimum Gasteiger partial charge on any atom is -0.480 e. The van der Waals surface area contributed by atoms with E-state index in [1.807, 2.05) is 53.8 Å². The Morgan fingerprint density at radius 3 is 2.21 bits per heavy atom. The van der Waals surface area contributed by atoms with Gasteiger partial charge in [0.05, 0.1) is 6.42 Å². The topological polar surface area (TPSA) is 95.9 Å². The number of nitrogens with one attached hydrogen (secondary N) is 1. The zero-order chi connectivity index (χ0) is 24.5. The number of benzene rings is 2. The van der Waals surface area contributed by atoms with Gasteiger partial charge in [-0.2, -0.15) is 13.2 Å². The van der Waals surface area contributed by atoms with Crippen LogP contribution in [-0.2, 0) is 14.3 Å². The third-order valence-electron chi connectivity index (χ3n) is 6.19. The molecule has 2 atom stereocenters. The molecule has 2 N–H and O–H groups in total. The van der Waals surface area contributed by atoms with Crippen LogP contribution in [0, 0.1) is 0 Å². The number of ether oxygens (including phenoxy) is 1. The van der Waals surface area contributed by atoms with Gasteiger partial charge in [-0.3, -0.25) is 4.79 Å². The van der Waals surface area contributed by atoms with Gasteiger partial charge in [0.2, 0.25) is 5.91 Å². The quantitative estimate of drug-likeness (QED) is 0.659. The maximum atomic E-state index is 13.1. The molecule has 10 heteroatoms. The minimum atomic E-state index is -4.75. The minimum absolute atomic E-state index is 0.0104. The third kappa shape index (κ3) is 4.85. The van der Waals surface area contributed by atoms with Gasteiger partial charge in [-0.25, -0.2) is 9.59 Å². The molecule has 2 aromatic rings. The first-order valence-electron chi connectivity index (χ1n) is 10.9. The maximum Gasteiger partial charge on any atom is 0.407 e. The fraction of sp³-hybridized carbons (Fsp3) is 0.375. The van der Waals surface area contributed by atoms with Crippen molar-refractivity contribution >= 4 is 18.0 Å². The summed E-state index contributed by atoms with van der Waals surface area (Å²) in [6, 6.07) is 12.0. The van der Waals surface area contributed by atoms with Gasteiger partial charge < -0.3 is 20.1 Å². The van der Waals surface area contributed by atoms with E-state index in [0.717, 1.165) is 27.2 Å². The monoisotopic (exact) mass is 476 g/mol. The number of nitrogens with zero attached hydrogens (tertiary/aromatic N) is 1. The van der Waals surface area contributed by atoms with Crippen molar-refractivity contribution in [1.82, 2.24) is 10.2 Å². The Labute approximate surface area is 193 Å². The lowest BCUT2D eigenvalue weighted by Crippen LogP contribution is -2.53. The second-order valence-corrected chi connectivity index (χ2v) is 8.37. The number of carboxylic acid groups (broad SMARTS) is 1. The molecule has 1 heterocycles. The Hall–Kier alpha value is -3.56. The summed E-state index contributed by atoms with van der Waals surface area (Å²) in [4.78, 5) is 37.5. The number of carboxylic acids is 1. The number of aliphatic carboxylic acids is 1. The molecule has 0 spiro atoms. The number of hydrogen-bond donors (Lipinski definition) is 2. The molecule has 2 amide bonds. The van der Waals surface area contributed by atoms with Crippen LogP contribution in [0.1, 0.15) is 36.3 Å². The molecule has 0 saturated carbocycles. The van der Waals surface area contributed by atoms with Crippen LogP contribution >= 0.6 is 0 Å². The molecule has 0 aromatic heterocycles. The molecule has 0 bridgehead atoms. The van der Waals surface area contributed by atoms with Crippen molar-refractivity contribution in [2.75, 3.05) is 13.2 Å². The lowest BCUT2D eigenvalue weighted by molar-refractivity contribution is -0.157. The molecule has 1 aliphatic carbocycles. The highest BCUT2D eigenvalue weighted by molar-refractivity contribution is 5.90. The second kappa shape index (κ2) is 9.36. The van der Waals surface area contributed by atoms with E-state index in [2.05, 4.69) is 0 Å². The van der Waals surface area contributed by atoms with Gasteiger partial charge in [0, 0.05) is 12.5 Å². The summed E-state index contributed by atoms with van der Waals surface area (Å²) in [5.74, 6) is -2.68. The molecule has 1 aliphatic heterocycles. The highest BCUT2D eigenvalue weighted by Crippen LogP contribution is 2.44. The summed E-state index contributed by atoms with van der Waals surface area (Å²) in [5, 5.41) is 11.3. The standard InChI is InChI=1S/C24H23F3N2O5/c25-24(26,27)12-19(21(30)29-11-5-10-20(29)22(31)32)28-23(33)34-13-18-16-8-3-1-6-14(16)15-7-2-4-9-17(15)18/h1-4,6-9,18-20H,5,10-13H2,(H,28,33)(H,31,32)/t19?,20-/m1/s1. The number of carbonyl (C=O) groups is 3. The Bertz CT molecular complexity index is 1060. The van der Waals surface area contributed by atoms with Crippen LogP contribution in [0.25, 0.3) is 11.1 Å². The Morgan fingerprint density at radius 2 is 1.65 bits per heavy atom. The molecule has 2 aromatic carbocycles. The van der Waals surface area contributed by atoms with Crippen molar-refractivity contribution in [3.63, 3.8) is 0 Å². The SMILES string of the molecule is O=C(NC(CC(F)(F)F)C(=O)N1CCC[C@@H]1C(=O)O)OCC1c2ccccc2-c2ccccc21. The van der Waals surface area contributed by atoms with Crippen LogP contribution in [0.3, 0.4) is 0 Å². The largest absolute Gasteiger partial charge is 0.480 e. The predicted molar refractivity (Wildman–Crippen MR) is 115 cm³/mol. The molecule has 1 unspecified atom stereocenters. The van der Waals surface area contributed by atoms with E-state index in [-0.39, 0.29) is 25.5 Å². The van der Waals surface area contributed by atoms with Gasteiger partial charge in [-0.15, -0.1) is 0 Å². The fourth-order valence-corrected chi connectivity index (χ4v) is 4.70. The molecular formula is C24H23F3N2O5. The van der Waals surface area contributed by atoms with E-state index in [9.17, 15) is 32.7 Å². The van der Waals surface area contributed by atoms with E-state index in [0.29, 0.717) is 6.42 Å². The molecule has 7 nitrogen and oxygen atoms in total. The molecular weight excluding hydrogens is 453 g/mol. The molecule has 4 rings (SSSR count). The molecule has 0 radical (unpaired) electrons. The van der Waals surface area contributed by atoms with Crippen LogP contribution < -0.4 is 5.32 Å². The van der Waals surface area contributed by atoms with Gasteiger partial charge in [0.1, 0.15) is 18.7 Å². The Kier molecular flexibility index (Phi) is 6.49. The number of amides is 2. The first kappa shape index (κ1) is 23.6. The van der Waals surface area contributed by atoms with Gasteiger partial charge in [-0.05, 0) is 35.1 Å². The average molecular weight is 476 g/mol. The van der Waals surface area contributed by atoms with Crippen LogP contribution in [0.2, 0.25) is 0 Å². The highest BCUT2D eigenvalue weighted by atomic mass is 19.4. The van der Waals surface area contributed by atoms with Crippen molar-refractivity contribution in [2.24, 2.45) is 0 Å². The number of alkyl halides is 3. The van der Waals surface area contributed by atoms with Crippen molar-refractivity contribution < 1.29 is 37.4 Å². The summed E-state index contributed by atoms with van der Waals surface area (Å²) in [5.41, 5.74) is 3.85. The first-order chi connectivity index (χ1) is 16.2. The zero-order valence-electron chi connectivity index (χ0n) is 18.0. The van der Waals surface area contributed by atoms with Crippen molar-refractivity contribution in [3.8, 4) is 11.1 Å². The Morgan fingerprint density at radius 1 is 1.06 bits per heavy atom. The van der Waals surface area contributed by atoms with Crippen molar-refractivity contribution in [1.29, 1.82) is 0 Å². The zero-order valence-corrected chi connectivity index (χ0v) is 18.0. The van der Waals surface area contributed by atoms with Crippen molar-refractivity contribution in [3.05, 3.63) is 59.7 Å². The summed E-state index contributed by atoms with van der Waals surface area (Å²) >= 11 is 0. The molecule has 1 fully saturated rings. The van der Waals surface area contributed by atoms with Gasteiger partial charge in [-0.1, -0.05) is 48.5 Å². The summed E-state index contributed by atoms with van der Waals surface area (Å²) in [6.07, 6.45) is -7.05. The number of alkyl carbamates (subject to hydrolysis) is 1. The summed E-state index contributed by atoms with van der Waals surface area (Å²) < 4.78 is 44.7. The first-order valence-corrected chi connectivity index (χ1v) is 10.9. The molecule has 180 valence electrons. The van der Waals surface area contributed by atoms with E-state index in [1.165, 1.54) is 0 Å². The molecule has 1 saturated heterocycles. The second-order valence-electron chi connectivity index (χ2n) is 8.37. The van der Waals surface area contributed by atoms with Gasteiger partial charge in [0.15, 0.2) is 0 Å². The summed E-state index contributed by atoms with van der Waals surface area (Å²) in [6.45, 7) is -0.120. The lowest BCUT2D eigenvalue weighted by atomic mass is 9.98. The average Bonchev–Trinajstić information content (AvgIpc) is 3.39. The smallest absolute Gasteiger partial charge is 0.407 e. The van der Waals surface area contributed by atoms with Crippen LogP contribution in [0.5, 0.6) is 0 Å². The summed E-state index contributed by atoms with van der Waals surface area (Å²) in [7, 11) is 0. The van der Waals surface area contributed by atoms with Crippen LogP contribution in [0.15, 0.2) is 48.5 Å². The number of fused-ring (bicyclic) bond motifs is 3. The number of hydrogen-bond acceptors (Lipinski definition) is 4. The number of likely N-dealkylation sites (tertiary alicyclic amines) is 1. The van der Waals surface area contributed by atoms with Crippen LogP contribution in [0.4, 0.5) is 18.0 Å². The van der Waals surface area contributed by atoms with E-state index in [1.54, 1.807) is 0 Å². The Balaban J connectivity index is 1.46. The van der Waals surface area contributed by atoms with Crippen LogP contribution in [-0.4, -0.2) is 59.4 Å². The third-order valence-corrected chi connectivity index (χ3v) is 6.19. The number of carbonyl (C=O) groups excluding carboxylic acids is 2. The maximum absolute atomic E-state index is 13.1. The van der Waals surface area contributed by atoms with E-state index in [4.69, 9.17) is 4.74 Å². The van der Waals surface area contributed by atoms with Gasteiger partial charge >= 0.3 is 18.2 Å².